The van der Waals surface area contributed by atoms with Gasteiger partial charge >= 0.3 is 0 Å². The van der Waals surface area contributed by atoms with E-state index in [1.54, 1.807) is 23.4 Å². The second-order valence-electron chi connectivity index (χ2n) is 2.57. The highest BCUT2D eigenvalue weighted by atomic mass is 15.3. The van der Waals surface area contributed by atoms with Gasteiger partial charge in [0.25, 0.3) is 0 Å². The molecule has 0 aromatic carbocycles. The summed E-state index contributed by atoms with van der Waals surface area (Å²) in [6, 6.07) is 3.79. The van der Waals surface area contributed by atoms with Gasteiger partial charge in [-0.15, -0.1) is 0 Å². The predicted octanol–water partition coefficient (Wildman–Crippen LogP) is 1.17. The monoisotopic (exact) mass is 173 g/mol. The standard InChI is InChI=1S/C9H9N4/c1-2-13-7-11-9(12-13)8-4-3-5-10-6-8/h3-7H,1-2H2. The van der Waals surface area contributed by atoms with E-state index < -0.39 is 0 Å². The van der Waals surface area contributed by atoms with E-state index in [9.17, 15) is 0 Å². The van der Waals surface area contributed by atoms with Gasteiger partial charge in [0.1, 0.15) is 6.33 Å². The van der Waals surface area contributed by atoms with Gasteiger partial charge in [0.05, 0.1) is 0 Å². The number of pyridine rings is 1. The van der Waals surface area contributed by atoms with Crippen molar-refractivity contribution in [3.8, 4) is 11.4 Å². The Balaban J connectivity index is 2.36. The smallest absolute Gasteiger partial charge is 0.182 e. The molecule has 4 heteroatoms. The van der Waals surface area contributed by atoms with Crippen molar-refractivity contribution in [2.75, 3.05) is 0 Å². The van der Waals surface area contributed by atoms with Crippen molar-refractivity contribution in [3.05, 3.63) is 37.8 Å². The zero-order valence-corrected chi connectivity index (χ0v) is 7.09. The third kappa shape index (κ3) is 1.56. The Morgan fingerprint density at radius 2 is 2.38 bits per heavy atom. The Morgan fingerprint density at radius 1 is 1.46 bits per heavy atom. The second-order valence-corrected chi connectivity index (χ2v) is 2.57. The summed E-state index contributed by atoms with van der Waals surface area (Å²) in [4.78, 5) is 8.12. The largest absolute Gasteiger partial charge is 0.264 e. The molecule has 1 radical (unpaired) electrons. The van der Waals surface area contributed by atoms with E-state index in [1.165, 1.54) is 0 Å². The van der Waals surface area contributed by atoms with Crippen LogP contribution in [0.1, 0.15) is 0 Å². The summed E-state index contributed by atoms with van der Waals surface area (Å²) in [5.41, 5.74) is 0.926. The average Bonchev–Trinajstić information content (AvgIpc) is 2.67. The van der Waals surface area contributed by atoms with Crippen LogP contribution in [0, 0.1) is 6.92 Å². The first-order valence-corrected chi connectivity index (χ1v) is 3.99. The number of hydrogen-bond donors (Lipinski definition) is 0. The molecule has 0 bridgehead atoms. The predicted molar refractivity (Wildman–Crippen MR) is 48.6 cm³/mol. The zero-order valence-electron chi connectivity index (χ0n) is 7.09. The van der Waals surface area contributed by atoms with E-state index in [2.05, 4.69) is 22.0 Å². The van der Waals surface area contributed by atoms with Crippen molar-refractivity contribution in [2.24, 2.45) is 0 Å². The van der Waals surface area contributed by atoms with E-state index in [4.69, 9.17) is 0 Å². The Hall–Kier alpha value is -1.71. The topological polar surface area (TPSA) is 43.6 Å². The fourth-order valence-corrected chi connectivity index (χ4v) is 1.03. The Bertz CT molecular complexity index is 380. The summed E-state index contributed by atoms with van der Waals surface area (Å²) in [5.74, 6) is 0.691. The molecule has 2 aromatic heterocycles. The molecule has 0 unspecified atom stereocenters. The lowest BCUT2D eigenvalue weighted by molar-refractivity contribution is 0.699. The maximum absolute atomic E-state index is 4.20. The molecule has 4 nitrogen and oxygen atoms in total. The van der Waals surface area contributed by atoms with Crippen molar-refractivity contribution >= 4 is 0 Å². The van der Waals surface area contributed by atoms with Crippen LogP contribution in [-0.4, -0.2) is 19.7 Å². The number of hydrogen-bond acceptors (Lipinski definition) is 3. The molecular weight excluding hydrogens is 164 g/mol. The molecule has 0 saturated heterocycles. The molecule has 2 heterocycles. The third-order valence-electron chi connectivity index (χ3n) is 1.69. The van der Waals surface area contributed by atoms with Crippen LogP contribution in [0.5, 0.6) is 0 Å². The molecule has 0 aliphatic rings. The Kier molecular flexibility index (Phi) is 2.04. The Morgan fingerprint density at radius 3 is 3.00 bits per heavy atom. The number of nitrogens with zero attached hydrogens (tertiary/aromatic N) is 4. The minimum atomic E-state index is 0.591. The fourth-order valence-electron chi connectivity index (χ4n) is 1.03. The van der Waals surface area contributed by atoms with Crippen molar-refractivity contribution < 1.29 is 0 Å². The zero-order chi connectivity index (χ0) is 9.10. The van der Waals surface area contributed by atoms with Crippen molar-refractivity contribution in [3.63, 3.8) is 0 Å². The van der Waals surface area contributed by atoms with E-state index >= 15 is 0 Å². The third-order valence-corrected chi connectivity index (χ3v) is 1.69. The van der Waals surface area contributed by atoms with Crippen molar-refractivity contribution in [1.29, 1.82) is 0 Å². The van der Waals surface area contributed by atoms with Crippen LogP contribution >= 0.6 is 0 Å². The van der Waals surface area contributed by atoms with E-state index in [-0.39, 0.29) is 0 Å². The molecule has 0 spiro atoms. The molecular formula is C9H9N4. The first-order chi connectivity index (χ1) is 6.40. The van der Waals surface area contributed by atoms with Gasteiger partial charge in [-0.3, -0.25) is 9.67 Å². The minimum absolute atomic E-state index is 0.591. The maximum Gasteiger partial charge on any atom is 0.182 e. The average molecular weight is 173 g/mol. The maximum atomic E-state index is 4.20. The van der Waals surface area contributed by atoms with Gasteiger partial charge in [-0.2, -0.15) is 5.10 Å². The lowest BCUT2D eigenvalue weighted by Gasteiger charge is -1.92. The highest BCUT2D eigenvalue weighted by Crippen LogP contribution is 2.10. The summed E-state index contributed by atoms with van der Waals surface area (Å²) in [5, 5.41) is 4.20. The van der Waals surface area contributed by atoms with E-state index in [0.717, 1.165) is 5.56 Å². The van der Waals surface area contributed by atoms with Gasteiger partial charge in [-0.1, -0.05) is 0 Å². The molecule has 2 rings (SSSR count). The molecule has 0 fully saturated rings. The van der Waals surface area contributed by atoms with Crippen LogP contribution in [0.3, 0.4) is 0 Å². The van der Waals surface area contributed by atoms with Crippen LogP contribution in [-0.2, 0) is 6.54 Å². The highest BCUT2D eigenvalue weighted by molar-refractivity contribution is 5.51. The summed E-state index contributed by atoms with van der Waals surface area (Å²) < 4.78 is 1.68. The number of aromatic nitrogens is 4. The quantitative estimate of drug-likeness (QED) is 0.684. The molecule has 2 aromatic rings. The lowest BCUT2D eigenvalue weighted by atomic mass is 10.3. The van der Waals surface area contributed by atoms with E-state index in [0.29, 0.717) is 12.4 Å². The van der Waals surface area contributed by atoms with Crippen LogP contribution < -0.4 is 0 Å². The van der Waals surface area contributed by atoms with Gasteiger partial charge in [0.15, 0.2) is 5.82 Å². The molecule has 0 atom stereocenters. The highest BCUT2D eigenvalue weighted by Gasteiger charge is 2.01. The summed E-state index contributed by atoms with van der Waals surface area (Å²) >= 11 is 0. The number of rotatable bonds is 2. The molecule has 13 heavy (non-hydrogen) atoms. The first-order valence-electron chi connectivity index (χ1n) is 3.99. The van der Waals surface area contributed by atoms with Crippen LogP contribution in [0.25, 0.3) is 11.4 Å². The van der Waals surface area contributed by atoms with Gasteiger partial charge in [-0.05, 0) is 19.1 Å². The van der Waals surface area contributed by atoms with Gasteiger partial charge in [0, 0.05) is 24.5 Å². The minimum Gasteiger partial charge on any atom is -0.264 e. The molecule has 0 aliphatic heterocycles. The van der Waals surface area contributed by atoms with Crippen molar-refractivity contribution in [2.45, 2.75) is 6.54 Å². The summed E-state index contributed by atoms with van der Waals surface area (Å²) in [7, 11) is 0. The molecule has 0 N–H and O–H groups in total. The normalized spacial score (nSPS) is 10.2. The van der Waals surface area contributed by atoms with E-state index in [1.807, 2.05) is 12.1 Å². The molecule has 0 saturated carbocycles. The molecule has 0 aliphatic carbocycles. The fraction of sp³-hybridized carbons (Fsp3) is 0.111. The van der Waals surface area contributed by atoms with Crippen molar-refractivity contribution in [1.82, 2.24) is 19.7 Å². The molecule has 65 valence electrons. The van der Waals surface area contributed by atoms with Crippen LogP contribution in [0.4, 0.5) is 0 Å². The molecule has 0 amide bonds. The van der Waals surface area contributed by atoms with Gasteiger partial charge in [0.2, 0.25) is 0 Å². The summed E-state index contributed by atoms with van der Waals surface area (Å²) in [6.07, 6.45) is 5.12. The van der Waals surface area contributed by atoms with Gasteiger partial charge in [-0.25, -0.2) is 4.98 Å². The Labute approximate surface area is 76.3 Å². The second kappa shape index (κ2) is 3.35. The van der Waals surface area contributed by atoms with Crippen LogP contribution in [0.2, 0.25) is 0 Å². The summed E-state index contributed by atoms with van der Waals surface area (Å²) in [6.45, 7) is 4.30. The van der Waals surface area contributed by atoms with Gasteiger partial charge < -0.3 is 0 Å². The lowest BCUT2D eigenvalue weighted by Crippen LogP contribution is -1.94. The SMILES string of the molecule is [CH2]Cn1cnc(-c2cccnc2)n1. The van der Waals surface area contributed by atoms with Crippen LogP contribution in [0.15, 0.2) is 30.9 Å². The first kappa shape index (κ1) is 7.91.